The highest BCUT2D eigenvalue weighted by atomic mass is 16.3. The largest absolute Gasteiger partial charge is 0.504 e. The number of carbonyl (C=O) groups is 1. The van der Waals surface area contributed by atoms with E-state index in [-0.39, 0.29) is 11.4 Å². The summed E-state index contributed by atoms with van der Waals surface area (Å²) in [6.45, 7) is 0. The number of hydrogen-bond acceptors (Lipinski definition) is 4. The Bertz CT molecular complexity index is 418. The zero-order valence-corrected chi connectivity index (χ0v) is 6.51. The Balaban J connectivity index is 2.48. The number of nitrogens with zero attached hydrogens (tertiary/aromatic N) is 3. The lowest BCUT2D eigenvalue weighted by molar-refractivity contribution is 0.111. The van der Waals surface area contributed by atoms with E-state index >= 15 is 0 Å². The third-order valence-corrected chi connectivity index (χ3v) is 1.57. The Morgan fingerprint density at radius 3 is 3.00 bits per heavy atom. The van der Waals surface area contributed by atoms with Gasteiger partial charge in [0.1, 0.15) is 5.82 Å². The lowest BCUT2D eigenvalue weighted by atomic mass is 10.4. The maximum absolute atomic E-state index is 10.3. The van der Waals surface area contributed by atoms with Gasteiger partial charge in [0.2, 0.25) is 0 Å². The van der Waals surface area contributed by atoms with E-state index < -0.39 is 0 Å². The first-order chi connectivity index (χ1) is 6.31. The second kappa shape index (κ2) is 2.74. The summed E-state index contributed by atoms with van der Waals surface area (Å²) >= 11 is 0. The molecular formula is C7H6N4O2. The predicted octanol–water partition coefficient (Wildman–Crippen LogP) is 0.113. The number of carbonyl (C=O) groups excluding carboxylic acids is 1. The fourth-order valence-electron chi connectivity index (χ4n) is 0.962. The molecule has 6 heteroatoms. The SMILES string of the molecule is O=Cc1nn(-c2ccn[nH]2)cc1O. The van der Waals surface area contributed by atoms with Gasteiger partial charge in [-0.15, -0.1) is 0 Å². The van der Waals surface area contributed by atoms with Crippen LogP contribution < -0.4 is 0 Å². The molecule has 0 aliphatic heterocycles. The molecule has 0 spiro atoms. The van der Waals surface area contributed by atoms with Gasteiger partial charge in [-0.1, -0.05) is 0 Å². The van der Waals surface area contributed by atoms with Gasteiger partial charge in [0, 0.05) is 6.07 Å². The van der Waals surface area contributed by atoms with Crippen molar-refractivity contribution in [2.24, 2.45) is 0 Å². The summed E-state index contributed by atoms with van der Waals surface area (Å²) in [7, 11) is 0. The second-order valence-corrected chi connectivity index (χ2v) is 2.40. The van der Waals surface area contributed by atoms with Crippen molar-refractivity contribution in [1.29, 1.82) is 0 Å². The minimum atomic E-state index is -0.149. The zero-order valence-electron chi connectivity index (χ0n) is 6.51. The van der Waals surface area contributed by atoms with E-state index in [1.807, 2.05) is 0 Å². The highest BCUT2D eigenvalue weighted by Crippen LogP contribution is 2.14. The van der Waals surface area contributed by atoms with Gasteiger partial charge in [0.05, 0.1) is 12.4 Å². The number of aromatic amines is 1. The van der Waals surface area contributed by atoms with Crippen molar-refractivity contribution >= 4 is 6.29 Å². The van der Waals surface area contributed by atoms with Gasteiger partial charge in [-0.25, -0.2) is 4.68 Å². The van der Waals surface area contributed by atoms with Crippen LogP contribution in [0, 0.1) is 0 Å². The van der Waals surface area contributed by atoms with Crippen molar-refractivity contribution in [3.63, 3.8) is 0 Å². The Labute approximate surface area is 72.8 Å². The summed E-state index contributed by atoms with van der Waals surface area (Å²) in [5.41, 5.74) is 0.00889. The van der Waals surface area contributed by atoms with Crippen LogP contribution in [0.15, 0.2) is 18.5 Å². The average molecular weight is 178 g/mol. The van der Waals surface area contributed by atoms with Crippen LogP contribution >= 0.6 is 0 Å². The third kappa shape index (κ3) is 1.18. The second-order valence-electron chi connectivity index (χ2n) is 2.40. The van der Waals surface area contributed by atoms with Crippen molar-refractivity contribution in [3.05, 3.63) is 24.2 Å². The van der Waals surface area contributed by atoms with Gasteiger partial charge in [-0.2, -0.15) is 10.2 Å². The number of rotatable bonds is 2. The van der Waals surface area contributed by atoms with E-state index in [0.717, 1.165) is 0 Å². The van der Waals surface area contributed by atoms with Crippen molar-refractivity contribution in [1.82, 2.24) is 20.0 Å². The van der Waals surface area contributed by atoms with E-state index in [1.165, 1.54) is 10.9 Å². The molecule has 2 heterocycles. The summed E-state index contributed by atoms with van der Waals surface area (Å²) in [5.74, 6) is 0.438. The molecule has 66 valence electrons. The maximum Gasteiger partial charge on any atom is 0.174 e. The molecule has 0 aliphatic carbocycles. The fraction of sp³-hybridized carbons (Fsp3) is 0. The molecule has 0 aromatic carbocycles. The summed E-state index contributed by atoms with van der Waals surface area (Å²) in [6, 6.07) is 1.67. The van der Waals surface area contributed by atoms with Crippen LogP contribution in [0.4, 0.5) is 0 Å². The van der Waals surface area contributed by atoms with E-state index in [1.54, 1.807) is 12.3 Å². The molecule has 0 amide bonds. The van der Waals surface area contributed by atoms with Crippen LogP contribution in [-0.4, -0.2) is 31.4 Å². The molecule has 0 saturated heterocycles. The first-order valence-electron chi connectivity index (χ1n) is 3.55. The van der Waals surface area contributed by atoms with E-state index in [2.05, 4.69) is 15.3 Å². The van der Waals surface area contributed by atoms with Crippen LogP contribution in [0.3, 0.4) is 0 Å². The van der Waals surface area contributed by atoms with Gasteiger partial charge in [0.25, 0.3) is 0 Å². The van der Waals surface area contributed by atoms with Crippen LogP contribution in [0.1, 0.15) is 10.5 Å². The Kier molecular flexibility index (Phi) is 1.59. The average Bonchev–Trinajstić information content (AvgIpc) is 2.71. The Morgan fingerprint density at radius 1 is 1.62 bits per heavy atom. The minimum absolute atomic E-state index is 0.00889. The molecule has 0 saturated carbocycles. The molecule has 2 aromatic heterocycles. The smallest absolute Gasteiger partial charge is 0.174 e. The van der Waals surface area contributed by atoms with Gasteiger partial charge in [-0.3, -0.25) is 9.89 Å². The molecule has 0 fully saturated rings. The first-order valence-corrected chi connectivity index (χ1v) is 3.55. The molecule has 0 atom stereocenters. The minimum Gasteiger partial charge on any atom is -0.504 e. The lowest BCUT2D eigenvalue weighted by Gasteiger charge is -1.91. The molecule has 2 aromatic rings. The van der Waals surface area contributed by atoms with Crippen LogP contribution in [0.5, 0.6) is 5.75 Å². The molecular weight excluding hydrogens is 172 g/mol. The summed E-state index contributed by atoms with van der Waals surface area (Å²) in [5, 5.41) is 19.3. The number of aromatic hydroxyl groups is 1. The molecule has 2 rings (SSSR count). The van der Waals surface area contributed by atoms with Gasteiger partial charge >= 0.3 is 0 Å². The van der Waals surface area contributed by atoms with Crippen molar-refractivity contribution in [2.45, 2.75) is 0 Å². The van der Waals surface area contributed by atoms with Crippen molar-refractivity contribution in [2.75, 3.05) is 0 Å². The van der Waals surface area contributed by atoms with Crippen LogP contribution in [0.25, 0.3) is 5.82 Å². The summed E-state index contributed by atoms with van der Waals surface area (Å²) in [4.78, 5) is 10.3. The van der Waals surface area contributed by atoms with Gasteiger partial charge < -0.3 is 5.11 Å². The monoisotopic (exact) mass is 178 g/mol. The number of aromatic nitrogens is 4. The van der Waals surface area contributed by atoms with Crippen molar-refractivity contribution < 1.29 is 9.90 Å². The Morgan fingerprint density at radius 2 is 2.46 bits per heavy atom. The molecule has 13 heavy (non-hydrogen) atoms. The number of aldehydes is 1. The Hall–Kier alpha value is -2.11. The normalized spacial score (nSPS) is 10.2. The molecule has 0 unspecified atom stereocenters. The van der Waals surface area contributed by atoms with Crippen LogP contribution in [-0.2, 0) is 0 Å². The van der Waals surface area contributed by atoms with Crippen molar-refractivity contribution in [3.8, 4) is 11.6 Å². The van der Waals surface area contributed by atoms with E-state index in [4.69, 9.17) is 0 Å². The van der Waals surface area contributed by atoms with Gasteiger partial charge in [-0.05, 0) is 0 Å². The van der Waals surface area contributed by atoms with Crippen LogP contribution in [0.2, 0.25) is 0 Å². The van der Waals surface area contributed by atoms with E-state index in [9.17, 15) is 9.90 Å². The van der Waals surface area contributed by atoms with Gasteiger partial charge in [0.15, 0.2) is 17.7 Å². The quantitative estimate of drug-likeness (QED) is 0.639. The molecule has 0 radical (unpaired) electrons. The first kappa shape index (κ1) is 7.53. The molecule has 6 nitrogen and oxygen atoms in total. The summed E-state index contributed by atoms with van der Waals surface area (Å²) in [6.07, 6.45) is 3.37. The zero-order chi connectivity index (χ0) is 9.26. The predicted molar refractivity (Wildman–Crippen MR) is 42.8 cm³/mol. The standard InChI is InChI=1S/C7H6N4O2/c12-4-5-6(13)3-11(10-5)7-1-2-8-9-7/h1-4,13H,(H,8,9). The molecule has 0 aliphatic rings. The topological polar surface area (TPSA) is 83.8 Å². The highest BCUT2D eigenvalue weighted by Gasteiger charge is 2.07. The number of nitrogens with one attached hydrogen (secondary N) is 1. The number of H-pyrrole nitrogens is 1. The van der Waals surface area contributed by atoms with E-state index in [0.29, 0.717) is 12.1 Å². The summed E-state index contributed by atoms with van der Waals surface area (Å²) < 4.78 is 1.34. The lowest BCUT2D eigenvalue weighted by Crippen LogP contribution is -1.95. The number of hydrogen-bond donors (Lipinski definition) is 2. The molecule has 0 bridgehead atoms. The third-order valence-electron chi connectivity index (χ3n) is 1.57. The maximum atomic E-state index is 10.3. The molecule has 2 N–H and O–H groups in total. The highest BCUT2D eigenvalue weighted by molar-refractivity contribution is 5.75. The fourth-order valence-corrected chi connectivity index (χ4v) is 0.962.